The number of hydrogen-bond donors (Lipinski definition) is 2. The fourth-order valence-corrected chi connectivity index (χ4v) is 7.69. The summed E-state index contributed by atoms with van der Waals surface area (Å²) in [4.78, 5) is 0. The highest BCUT2D eigenvalue weighted by Crippen LogP contribution is 2.49. The maximum atomic E-state index is 9.50. The highest BCUT2D eigenvalue weighted by Gasteiger charge is 2.25. The molecule has 0 bridgehead atoms. The third-order valence-electron chi connectivity index (χ3n) is 9.37. The van der Waals surface area contributed by atoms with Crippen molar-refractivity contribution >= 4 is 73.3 Å². The Morgan fingerprint density at radius 1 is 0.380 bits per heavy atom. The molecular formula is C44H28BBrCl2O2. The molecule has 2 aliphatic carbocycles. The topological polar surface area (TPSA) is 40.5 Å². The van der Waals surface area contributed by atoms with E-state index < -0.39 is 7.12 Å². The second-order valence-corrected chi connectivity index (χ2v) is 14.0. The minimum Gasteiger partial charge on any atom is -0.423 e. The third-order valence-corrected chi connectivity index (χ3v) is 10.4. The number of hydrogen-bond acceptors (Lipinski definition) is 2. The molecule has 0 spiro atoms. The van der Waals surface area contributed by atoms with Crippen LogP contribution in [0.3, 0.4) is 0 Å². The monoisotopic (exact) mass is 748 g/mol. The summed E-state index contributed by atoms with van der Waals surface area (Å²) in [5.41, 5.74) is 13.1. The van der Waals surface area contributed by atoms with Gasteiger partial charge in [0.15, 0.2) is 0 Å². The van der Waals surface area contributed by atoms with Crippen LogP contribution >= 0.6 is 39.1 Å². The van der Waals surface area contributed by atoms with Gasteiger partial charge in [0.05, 0.1) is 0 Å². The van der Waals surface area contributed by atoms with Crippen LogP contribution in [0.2, 0.25) is 10.0 Å². The maximum Gasteiger partial charge on any atom is 0.489 e. The van der Waals surface area contributed by atoms with Gasteiger partial charge in [-0.1, -0.05) is 160 Å². The van der Waals surface area contributed by atoms with Crippen LogP contribution in [0.5, 0.6) is 0 Å². The van der Waals surface area contributed by atoms with Crippen LogP contribution in [0, 0.1) is 0 Å². The van der Waals surface area contributed by atoms with Crippen LogP contribution in [0.15, 0.2) is 162 Å². The lowest BCUT2D eigenvalue weighted by Gasteiger charge is -2.09. The van der Waals surface area contributed by atoms with Gasteiger partial charge < -0.3 is 10.0 Å². The van der Waals surface area contributed by atoms with Gasteiger partial charge in [0, 0.05) is 14.5 Å². The number of fused-ring (bicyclic) bond motifs is 6. The number of benzene rings is 8. The summed E-state index contributed by atoms with van der Waals surface area (Å²) in [6, 6.07) is 53.4. The van der Waals surface area contributed by atoms with Crippen molar-refractivity contribution < 1.29 is 10.0 Å². The second-order valence-electron chi connectivity index (χ2n) is 12.2. The van der Waals surface area contributed by atoms with E-state index in [1.165, 1.54) is 66.4 Å². The molecule has 0 saturated carbocycles. The van der Waals surface area contributed by atoms with Crippen molar-refractivity contribution in [2.24, 2.45) is 0 Å². The fourth-order valence-electron chi connectivity index (χ4n) is 7.18. The average molecular weight is 750 g/mol. The van der Waals surface area contributed by atoms with E-state index in [-0.39, 0.29) is 0 Å². The molecule has 8 aromatic rings. The van der Waals surface area contributed by atoms with Crippen molar-refractivity contribution in [3.8, 4) is 55.6 Å². The molecule has 240 valence electrons. The normalized spacial score (nSPS) is 11.3. The Morgan fingerprint density at radius 3 is 1.28 bits per heavy atom. The van der Waals surface area contributed by atoms with E-state index in [0.29, 0.717) is 5.46 Å². The molecule has 2 aliphatic rings. The van der Waals surface area contributed by atoms with E-state index in [2.05, 4.69) is 101 Å². The van der Waals surface area contributed by atoms with Crippen molar-refractivity contribution in [1.82, 2.24) is 0 Å². The molecule has 0 amide bonds. The average Bonchev–Trinajstić information content (AvgIpc) is 3.66. The zero-order valence-corrected chi connectivity index (χ0v) is 29.7. The van der Waals surface area contributed by atoms with Crippen LogP contribution in [-0.4, -0.2) is 17.2 Å². The van der Waals surface area contributed by atoms with Gasteiger partial charge >= 0.3 is 7.12 Å². The van der Waals surface area contributed by atoms with Gasteiger partial charge in [0.25, 0.3) is 0 Å². The first-order valence-corrected chi connectivity index (χ1v) is 17.8. The van der Waals surface area contributed by atoms with Crippen molar-refractivity contribution in [2.45, 2.75) is 0 Å². The standard InChI is InChI=1S/C22H13Cl.C16H11BO2.C6H4BrCl/c23-15-10-8-14(9-11-15)16-12-13-21-18-5-2-1-4-17(18)20-7-3-6-19(16)22(20)21;18-17(19)15-9-8-13-11-5-2-1-4-10(11)12-6-3-7-14(15)16(12)13;7-5-1-3-6(8)4-2-5/h1-13H;1-9,18-19H;1-4H. The smallest absolute Gasteiger partial charge is 0.423 e. The second kappa shape index (κ2) is 13.6. The molecule has 0 aliphatic heterocycles. The third kappa shape index (κ3) is 5.84. The molecule has 0 heterocycles. The zero-order valence-electron chi connectivity index (χ0n) is 26.6. The first kappa shape index (κ1) is 32.5. The van der Waals surface area contributed by atoms with Crippen molar-refractivity contribution in [3.05, 3.63) is 172 Å². The summed E-state index contributed by atoms with van der Waals surface area (Å²) >= 11 is 14.9. The SMILES string of the molecule is Clc1ccc(-c2ccc3c4c(cccc24)-c2ccccc2-3)cc1.Clc1ccc(Br)cc1.OB(O)c1ccc2c3c(cccc13)-c1ccccc1-2. The Morgan fingerprint density at radius 2 is 0.780 bits per heavy atom. The van der Waals surface area contributed by atoms with Gasteiger partial charge in [-0.05, 0) is 119 Å². The first-order chi connectivity index (χ1) is 24.4. The van der Waals surface area contributed by atoms with Crippen molar-refractivity contribution in [1.29, 1.82) is 0 Å². The van der Waals surface area contributed by atoms with E-state index in [9.17, 15) is 10.0 Å². The van der Waals surface area contributed by atoms with Crippen LogP contribution < -0.4 is 5.46 Å². The number of halogens is 3. The van der Waals surface area contributed by atoms with Crippen LogP contribution in [0.1, 0.15) is 0 Å². The van der Waals surface area contributed by atoms with Gasteiger partial charge in [0.2, 0.25) is 0 Å². The first-order valence-electron chi connectivity index (χ1n) is 16.2. The van der Waals surface area contributed by atoms with E-state index in [1.54, 1.807) is 6.07 Å². The summed E-state index contributed by atoms with van der Waals surface area (Å²) in [7, 11) is -1.44. The van der Waals surface area contributed by atoms with E-state index in [1.807, 2.05) is 66.7 Å². The Kier molecular flexibility index (Phi) is 8.82. The number of rotatable bonds is 2. The largest absolute Gasteiger partial charge is 0.489 e. The predicted molar refractivity (Wildman–Crippen MR) is 216 cm³/mol. The summed E-state index contributed by atoms with van der Waals surface area (Å²) in [5, 5.41) is 25.2. The van der Waals surface area contributed by atoms with Gasteiger partial charge in [-0.15, -0.1) is 0 Å². The van der Waals surface area contributed by atoms with E-state index in [4.69, 9.17) is 23.2 Å². The summed E-state index contributed by atoms with van der Waals surface area (Å²) < 4.78 is 1.06. The Hall–Kier alpha value is -4.68. The highest BCUT2D eigenvalue weighted by molar-refractivity contribution is 9.10. The zero-order chi connectivity index (χ0) is 34.4. The molecule has 0 radical (unpaired) electrons. The molecule has 0 fully saturated rings. The molecule has 50 heavy (non-hydrogen) atoms. The van der Waals surface area contributed by atoms with Gasteiger partial charge in [-0.2, -0.15) is 0 Å². The van der Waals surface area contributed by atoms with Gasteiger partial charge in [-0.3, -0.25) is 0 Å². The highest BCUT2D eigenvalue weighted by atomic mass is 79.9. The molecule has 2 N–H and O–H groups in total. The molecule has 8 aromatic carbocycles. The summed E-state index contributed by atoms with van der Waals surface area (Å²) in [6.45, 7) is 0. The molecule has 0 aromatic heterocycles. The molecule has 0 atom stereocenters. The summed E-state index contributed by atoms with van der Waals surface area (Å²) in [6.07, 6.45) is 0. The Balaban J connectivity index is 0.000000120. The van der Waals surface area contributed by atoms with Crippen LogP contribution in [0.25, 0.3) is 77.2 Å². The molecule has 6 heteroatoms. The quantitative estimate of drug-likeness (QED) is 0.173. The lowest BCUT2D eigenvalue weighted by molar-refractivity contribution is 0.426. The molecule has 10 rings (SSSR count). The molecule has 0 saturated heterocycles. The lowest BCUT2D eigenvalue weighted by Crippen LogP contribution is -2.30. The predicted octanol–water partition coefficient (Wildman–Crippen LogP) is 12.1. The van der Waals surface area contributed by atoms with Gasteiger partial charge in [0.1, 0.15) is 0 Å². The van der Waals surface area contributed by atoms with Crippen molar-refractivity contribution in [3.63, 3.8) is 0 Å². The Bertz CT molecular complexity index is 2470. The van der Waals surface area contributed by atoms with Crippen molar-refractivity contribution in [2.75, 3.05) is 0 Å². The van der Waals surface area contributed by atoms with Gasteiger partial charge in [-0.25, -0.2) is 0 Å². The van der Waals surface area contributed by atoms with E-state index >= 15 is 0 Å². The van der Waals surface area contributed by atoms with E-state index in [0.717, 1.165) is 25.3 Å². The lowest BCUT2D eigenvalue weighted by atomic mass is 9.76. The molecule has 0 unspecified atom stereocenters. The Labute approximate surface area is 309 Å². The summed E-state index contributed by atoms with van der Waals surface area (Å²) in [5.74, 6) is 0. The minimum absolute atomic E-state index is 0.563. The van der Waals surface area contributed by atoms with Crippen LogP contribution in [-0.2, 0) is 0 Å². The van der Waals surface area contributed by atoms with Crippen LogP contribution in [0.4, 0.5) is 0 Å². The molecule has 2 nitrogen and oxygen atoms in total. The fraction of sp³-hybridized carbons (Fsp3) is 0. The minimum atomic E-state index is -1.44. The molecular weight excluding hydrogens is 722 g/mol. The maximum absolute atomic E-state index is 9.50.